The number of ketones is 1. The summed E-state index contributed by atoms with van der Waals surface area (Å²) in [6.45, 7) is 9.10. The molecule has 0 bridgehead atoms. The smallest absolute Gasteiger partial charge is 0.234 e. The molecular formula is C12H13NO2. The molecule has 1 aliphatic carbocycles. The standard InChI is InChI=1S/C12H13NO2/c1-6-5-7(2)10(14)8-9(6)13-11(15)12(8,3)4/h5H,1H2,2-4H3,(H,13,15). The van der Waals surface area contributed by atoms with Crippen molar-refractivity contribution in [3.8, 4) is 0 Å². The first-order valence-corrected chi connectivity index (χ1v) is 4.84. The minimum atomic E-state index is -0.745. The molecule has 2 rings (SSSR count). The molecule has 0 aromatic rings. The molecule has 15 heavy (non-hydrogen) atoms. The summed E-state index contributed by atoms with van der Waals surface area (Å²) in [6.07, 6.45) is 1.71. The van der Waals surface area contributed by atoms with Gasteiger partial charge in [0.05, 0.1) is 11.1 Å². The molecule has 0 aromatic heterocycles. The van der Waals surface area contributed by atoms with Gasteiger partial charge in [-0.15, -0.1) is 0 Å². The van der Waals surface area contributed by atoms with Crippen LogP contribution in [0.4, 0.5) is 0 Å². The lowest BCUT2D eigenvalue weighted by atomic mass is 9.78. The molecule has 0 saturated carbocycles. The third-order valence-corrected chi connectivity index (χ3v) is 2.98. The second-order valence-electron chi connectivity index (χ2n) is 4.51. The third-order valence-electron chi connectivity index (χ3n) is 2.98. The Morgan fingerprint density at radius 1 is 1.33 bits per heavy atom. The number of amides is 1. The number of allylic oxidation sites excluding steroid dienone is 2. The summed E-state index contributed by atoms with van der Waals surface area (Å²) in [7, 11) is 0. The largest absolute Gasteiger partial charge is 0.324 e. The predicted molar refractivity (Wildman–Crippen MR) is 56.9 cm³/mol. The van der Waals surface area contributed by atoms with Crippen LogP contribution < -0.4 is 5.32 Å². The maximum absolute atomic E-state index is 12.0. The highest BCUT2D eigenvalue weighted by Crippen LogP contribution is 2.40. The Hall–Kier alpha value is -1.64. The zero-order chi connectivity index (χ0) is 11.4. The molecule has 78 valence electrons. The second-order valence-corrected chi connectivity index (χ2v) is 4.51. The van der Waals surface area contributed by atoms with E-state index in [4.69, 9.17) is 0 Å². The monoisotopic (exact) mass is 203 g/mol. The molecule has 3 nitrogen and oxygen atoms in total. The maximum atomic E-state index is 12.0. The van der Waals surface area contributed by atoms with Crippen molar-refractivity contribution >= 4 is 11.7 Å². The van der Waals surface area contributed by atoms with Gasteiger partial charge in [-0.25, -0.2) is 0 Å². The van der Waals surface area contributed by atoms with Gasteiger partial charge in [-0.3, -0.25) is 9.59 Å². The number of hydrogen-bond donors (Lipinski definition) is 1. The zero-order valence-electron chi connectivity index (χ0n) is 9.10. The number of nitrogens with one attached hydrogen (secondary N) is 1. The number of rotatable bonds is 0. The molecule has 2 aliphatic rings. The summed E-state index contributed by atoms with van der Waals surface area (Å²) < 4.78 is 0. The van der Waals surface area contributed by atoms with Crippen LogP contribution in [0.25, 0.3) is 0 Å². The summed E-state index contributed by atoms with van der Waals surface area (Å²) in [5.74, 6) is -0.189. The first-order chi connectivity index (χ1) is 6.85. The molecule has 1 N–H and O–H groups in total. The Bertz CT molecular complexity index is 464. The van der Waals surface area contributed by atoms with Crippen molar-refractivity contribution in [1.29, 1.82) is 0 Å². The van der Waals surface area contributed by atoms with Crippen LogP contribution in [0.1, 0.15) is 20.8 Å². The Kier molecular flexibility index (Phi) is 1.77. The van der Waals surface area contributed by atoms with Crippen LogP contribution in [0.5, 0.6) is 0 Å². The second kappa shape index (κ2) is 2.69. The van der Waals surface area contributed by atoms with E-state index in [0.717, 1.165) is 0 Å². The Morgan fingerprint density at radius 2 is 1.93 bits per heavy atom. The van der Waals surface area contributed by atoms with E-state index in [-0.39, 0.29) is 11.7 Å². The maximum Gasteiger partial charge on any atom is 0.234 e. The van der Waals surface area contributed by atoms with E-state index in [9.17, 15) is 9.59 Å². The molecule has 1 heterocycles. The fraction of sp³-hybridized carbons (Fsp3) is 0.333. The van der Waals surface area contributed by atoms with Crippen molar-refractivity contribution in [2.45, 2.75) is 20.8 Å². The molecule has 0 spiro atoms. The van der Waals surface area contributed by atoms with Gasteiger partial charge in [-0.05, 0) is 38.0 Å². The van der Waals surface area contributed by atoms with Crippen molar-refractivity contribution in [2.24, 2.45) is 5.41 Å². The topological polar surface area (TPSA) is 46.2 Å². The Labute approximate surface area is 88.5 Å². The molecule has 0 aromatic carbocycles. The lowest BCUT2D eigenvalue weighted by molar-refractivity contribution is -0.126. The Morgan fingerprint density at radius 3 is 2.53 bits per heavy atom. The van der Waals surface area contributed by atoms with Crippen LogP contribution in [0.3, 0.4) is 0 Å². The number of hydrogen-bond acceptors (Lipinski definition) is 2. The van der Waals surface area contributed by atoms with Gasteiger partial charge >= 0.3 is 0 Å². The highest BCUT2D eigenvalue weighted by Gasteiger charge is 2.45. The molecule has 0 atom stereocenters. The average molecular weight is 203 g/mol. The summed E-state index contributed by atoms with van der Waals surface area (Å²) >= 11 is 0. The zero-order valence-corrected chi connectivity index (χ0v) is 9.10. The molecule has 3 heteroatoms. The van der Waals surface area contributed by atoms with Crippen LogP contribution in [-0.2, 0) is 9.59 Å². The minimum absolute atomic E-state index is 0.0549. The van der Waals surface area contributed by atoms with Gasteiger partial charge in [0.25, 0.3) is 0 Å². The van der Waals surface area contributed by atoms with E-state index in [1.54, 1.807) is 26.8 Å². The van der Waals surface area contributed by atoms with E-state index >= 15 is 0 Å². The minimum Gasteiger partial charge on any atom is -0.324 e. The predicted octanol–water partition coefficient (Wildman–Crippen LogP) is 1.48. The fourth-order valence-electron chi connectivity index (χ4n) is 1.99. The van der Waals surface area contributed by atoms with Crippen LogP contribution in [0.15, 0.2) is 35.1 Å². The van der Waals surface area contributed by atoms with E-state index in [0.29, 0.717) is 22.4 Å². The normalized spacial score (nSPS) is 23.9. The number of carbonyl (C=O) groups excluding carboxylic acids is 2. The van der Waals surface area contributed by atoms with E-state index in [2.05, 4.69) is 11.9 Å². The van der Waals surface area contributed by atoms with Gasteiger partial charge in [0.15, 0.2) is 5.78 Å². The van der Waals surface area contributed by atoms with Crippen LogP contribution in [0.2, 0.25) is 0 Å². The van der Waals surface area contributed by atoms with Gasteiger partial charge in [-0.2, -0.15) is 0 Å². The van der Waals surface area contributed by atoms with Crippen molar-refractivity contribution < 1.29 is 9.59 Å². The molecule has 0 unspecified atom stereocenters. The lowest BCUT2D eigenvalue weighted by Gasteiger charge is -2.20. The van der Waals surface area contributed by atoms with Crippen molar-refractivity contribution in [3.63, 3.8) is 0 Å². The first kappa shape index (κ1) is 9.90. The average Bonchev–Trinajstić information content (AvgIpc) is 2.36. The first-order valence-electron chi connectivity index (χ1n) is 4.84. The summed E-state index contributed by atoms with van der Waals surface area (Å²) in [6, 6.07) is 0. The SMILES string of the molecule is C=C1C=C(C)C(=O)C2=C1NC(=O)C2(C)C. The van der Waals surface area contributed by atoms with E-state index in [1.807, 2.05) is 0 Å². The highest BCUT2D eigenvalue weighted by atomic mass is 16.2. The Balaban J connectivity index is 2.63. The van der Waals surface area contributed by atoms with Crippen molar-refractivity contribution in [3.05, 3.63) is 35.1 Å². The number of carbonyl (C=O) groups is 2. The molecular weight excluding hydrogens is 190 g/mol. The highest BCUT2D eigenvalue weighted by molar-refractivity contribution is 6.17. The third kappa shape index (κ3) is 1.12. The van der Waals surface area contributed by atoms with Crippen molar-refractivity contribution in [1.82, 2.24) is 5.32 Å². The molecule has 1 amide bonds. The van der Waals surface area contributed by atoms with E-state index < -0.39 is 5.41 Å². The quantitative estimate of drug-likeness (QED) is 0.648. The molecule has 0 radical (unpaired) electrons. The van der Waals surface area contributed by atoms with Crippen LogP contribution in [-0.4, -0.2) is 11.7 Å². The molecule has 1 aliphatic heterocycles. The van der Waals surface area contributed by atoms with Gasteiger partial charge in [0.2, 0.25) is 5.91 Å². The van der Waals surface area contributed by atoms with Gasteiger partial charge in [0.1, 0.15) is 0 Å². The molecule has 0 saturated heterocycles. The van der Waals surface area contributed by atoms with Crippen LogP contribution >= 0.6 is 0 Å². The lowest BCUT2D eigenvalue weighted by Crippen LogP contribution is -2.30. The summed E-state index contributed by atoms with van der Waals surface area (Å²) in [5.41, 5.74) is 1.76. The van der Waals surface area contributed by atoms with Gasteiger partial charge in [0, 0.05) is 5.57 Å². The van der Waals surface area contributed by atoms with E-state index in [1.165, 1.54) is 0 Å². The van der Waals surface area contributed by atoms with Crippen molar-refractivity contribution in [2.75, 3.05) is 0 Å². The summed E-state index contributed by atoms with van der Waals surface area (Å²) in [5, 5.41) is 2.72. The fourth-order valence-corrected chi connectivity index (χ4v) is 1.99. The molecule has 0 fully saturated rings. The number of Topliss-reactive ketones (excluding diaryl/α,β-unsaturated/α-hetero) is 1. The van der Waals surface area contributed by atoms with Gasteiger partial charge < -0.3 is 5.32 Å². The summed E-state index contributed by atoms with van der Waals surface area (Å²) in [4.78, 5) is 23.6. The van der Waals surface area contributed by atoms with Gasteiger partial charge in [-0.1, -0.05) is 6.58 Å². The van der Waals surface area contributed by atoms with Crippen LogP contribution in [0, 0.1) is 5.41 Å².